The summed E-state index contributed by atoms with van der Waals surface area (Å²) in [7, 11) is 0. The predicted octanol–water partition coefficient (Wildman–Crippen LogP) is 4.23. The minimum Gasteiger partial charge on any atom is -0.306 e. The second-order valence-electron chi connectivity index (χ2n) is 7.68. The lowest BCUT2D eigenvalue weighted by Crippen LogP contribution is -2.46. The molecule has 0 spiro atoms. The van der Waals surface area contributed by atoms with Crippen LogP contribution >= 0.6 is 11.6 Å². The van der Waals surface area contributed by atoms with Crippen molar-refractivity contribution in [3.63, 3.8) is 0 Å². The third kappa shape index (κ3) is 4.00. The molecule has 178 valence electrons. The highest BCUT2D eigenvalue weighted by molar-refractivity contribution is 6.33. The van der Waals surface area contributed by atoms with Gasteiger partial charge in [-0.3, -0.25) is 10.3 Å². The second-order valence-corrected chi connectivity index (χ2v) is 8.09. The largest absolute Gasteiger partial charge is 0.401 e. The molecule has 2 amide bonds. The van der Waals surface area contributed by atoms with E-state index in [-0.39, 0.29) is 33.6 Å². The molecule has 3 aromatic heterocycles. The van der Waals surface area contributed by atoms with Crippen molar-refractivity contribution in [3.8, 4) is 0 Å². The monoisotopic (exact) mass is 497 g/mol. The van der Waals surface area contributed by atoms with Crippen LogP contribution in [0.15, 0.2) is 29.6 Å². The SMILES string of the molecule is CC(=N)/C=N\Nc1ncc(NC(=O)N2CC(C)(C(F)(F)F)c3c2cnc2cc(F)nn32)cc1Cl. The Morgan fingerprint density at radius 2 is 2.06 bits per heavy atom. The number of urea groups is 1. The molecule has 0 fully saturated rings. The Kier molecular flexibility index (Phi) is 5.63. The Hall–Kier alpha value is -3.81. The number of halogens is 5. The fraction of sp³-hybridized carbons (Fsp3) is 0.263. The summed E-state index contributed by atoms with van der Waals surface area (Å²) in [5, 5.41) is 17.0. The van der Waals surface area contributed by atoms with Gasteiger partial charge in [-0.15, -0.1) is 5.10 Å². The molecule has 0 aliphatic carbocycles. The molecule has 10 nitrogen and oxygen atoms in total. The topological polar surface area (TPSA) is 124 Å². The van der Waals surface area contributed by atoms with Gasteiger partial charge in [0.2, 0.25) is 5.95 Å². The first-order chi connectivity index (χ1) is 15.9. The smallest absolute Gasteiger partial charge is 0.306 e. The van der Waals surface area contributed by atoms with E-state index in [2.05, 4.69) is 30.9 Å². The van der Waals surface area contributed by atoms with Crippen molar-refractivity contribution >= 4 is 52.4 Å². The summed E-state index contributed by atoms with van der Waals surface area (Å²) in [6.45, 7) is 1.65. The maximum Gasteiger partial charge on any atom is 0.401 e. The molecular formula is C19H16ClF4N9O. The lowest BCUT2D eigenvalue weighted by atomic mass is 9.88. The molecule has 0 saturated heterocycles. The summed E-state index contributed by atoms with van der Waals surface area (Å²) in [5.74, 6) is -0.858. The van der Waals surface area contributed by atoms with Crippen molar-refractivity contribution < 1.29 is 22.4 Å². The van der Waals surface area contributed by atoms with Gasteiger partial charge in [-0.1, -0.05) is 11.6 Å². The molecular weight excluding hydrogens is 482 g/mol. The van der Waals surface area contributed by atoms with Crippen LogP contribution in [-0.4, -0.2) is 50.3 Å². The predicted molar refractivity (Wildman–Crippen MR) is 117 cm³/mol. The Balaban J connectivity index is 1.65. The van der Waals surface area contributed by atoms with Crippen LogP contribution in [0.5, 0.6) is 0 Å². The van der Waals surface area contributed by atoms with Crippen LogP contribution in [0, 0.1) is 11.4 Å². The highest BCUT2D eigenvalue weighted by atomic mass is 35.5. The van der Waals surface area contributed by atoms with Gasteiger partial charge in [-0.25, -0.2) is 19.3 Å². The van der Waals surface area contributed by atoms with Gasteiger partial charge in [0.25, 0.3) is 0 Å². The minimum absolute atomic E-state index is 0.0647. The number of nitrogens with zero attached hydrogens (tertiary/aromatic N) is 6. The zero-order chi connectivity index (χ0) is 24.8. The first kappa shape index (κ1) is 23.4. The maximum absolute atomic E-state index is 14.1. The highest BCUT2D eigenvalue weighted by Crippen LogP contribution is 2.49. The van der Waals surface area contributed by atoms with Crippen LogP contribution in [0.2, 0.25) is 5.02 Å². The number of nitrogens with one attached hydrogen (secondary N) is 3. The van der Waals surface area contributed by atoms with E-state index in [9.17, 15) is 22.4 Å². The van der Waals surface area contributed by atoms with Crippen LogP contribution < -0.4 is 15.6 Å². The number of pyridine rings is 1. The van der Waals surface area contributed by atoms with Crippen LogP contribution in [0.3, 0.4) is 0 Å². The van der Waals surface area contributed by atoms with Gasteiger partial charge < -0.3 is 10.7 Å². The number of rotatable bonds is 4. The van der Waals surface area contributed by atoms with E-state index in [1.54, 1.807) is 0 Å². The Labute approximate surface area is 194 Å². The molecule has 3 aromatic rings. The number of alkyl halides is 3. The van der Waals surface area contributed by atoms with Gasteiger partial charge in [0.1, 0.15) is 5.41 Å². The maximum atomic E-state index is 14.1. The lowest BCUT2D eigenvalue weighted by Gasteiger charge is -2.28. The molecule has 4 rings (SSSR count). The van der Waals surface area contributed by atoms with Gasteiger partial charge in [0, 0.05) is 18.3 Å². The third-order valence-electron chi connectivity index (χ3n) is 5.11. The van der Waals surface area contributed by atoms with Crippen molar-refractivity contribution in [2.45, 2.75) is 25.4 Å². The number of carbonyl (C=O) groups excluding carboxylic acids is 1. The summed E-state index contributed by atoms with van der Waals surface area (Å²) in [5.41, 5.74) is -0.397. The Morgan fingerprint density at radius 3 is 2.71 bits per heavy atom. The average Bonchev–Trinajstić information content (AvgIpc) is 3.26. The molecule has 0 bridgehead atoms. The zero-order valence-corrected chi connectivity index (χ0v) is 18.3. The number of hydrazone groups is 1. The number of anilines is 3. The highest BCUT2D eigenvalue weighted by Gasteiger charge is 2.60. The van der Waals surface area contributed by atoms with Crippen LogP contribution in [0.4, 0.5) is 39.5 Å². The fourth-order valence-electron chi connectivity index (χ4n) is 3.46. The molecule has 15 heteroatoms. The first-order valence-corrected chi connectivity index (χ1v) is 9.98. The average molecular weight is 498 g/mol. The number of carbonyl (C=O) groups is 1. The minimum atomic E-state index is -4.78. The van der Waals surface area contributed by atoms with Crippen molar-refractivity contribution in [2.24, 2.45) is 5.10 Å². The molecule has 0 aromatic carbocycles. The van der Waals surface area contributed by atoms with E-state index >= 15 is 0 Å². The van der Waals surface area contributed by atoms with Crippen molar-refractivity contribution in [1.29, 1.82) is 5.41 Å². The molecule has 1 unspecified atom stereocenters. The number of amides is 2. The van der Waals surface area contributed by atoms with Crippen molar-refractivity contribution in [2.75, 3.05) is 22.2 Å². The van der Waals surface area contributed by atoms with Crippen molar-refractivity contribution in [1.82, 2.24) is 19.6 Å². The van der Waals surface area contributed by atoms with Gasteiger partial charge in [-0.05, 0) is 19.9 Å². The van der Waals surface area contributed by atoms with Crippen LogP contribution in [0.1, 0.15) is 19.5 Å². The van der Waals surface area contributed by atoms with Crippen LogP contribution in [0.25, 0.3) is 5.65 Å². The Morgan fingerprint density at radius 1 is 1.32 bits per heavy atom. The second kappa shape index (κ2) is 8.20. The standard InChI is InChI=1S/C19H16ClF4N9O/c1-9(25)5-28-30-16-11(20)3-10(6-27-16)29-17(34)32-8-18(2,19(22,23)24)15-12(32)7-26-14-4-13(21)31-33(14)15/h3-7,25H,8H2,1-2H3,(H,27,30)(H,29,34)/b25-9?,28-5-. The van der Waals surface area contributed by atoms with Crippen LogP contribution in [-0.2, 0) is 5.41 Å². The van der Waals surface area contributed by atoms with E-state index in [1.807, 2.05) is 0 Å². The molecule has 4 heterocycles. The normalized spacial score (nSPS) is 17.9. The van der Waals surface area contributed by atoms with E-state index in [0.29, 0.717) is 0 Å². The van der Waals surface area contributed by atoms with Gasteiger partial charge in [0.05, 0.1) is 40.7 Å². The van der Waals surface area contributed by atoms with E-state index in [1.165, 1.54) is 25.4 Å². The number of fused-ring (bicyclic) bond motifs is 3. The molecule has 1 aliphatic heterocycles. The summed E-state index contributed by atoms with van der Waals surface area (Å²) < 4.78 is 56.7. The molecule has 3 N–H and O–H groups in total. The number of aromatic nitrogens is 4. The molecule has 0 radical (unpaired) electrons. The summed E-state index contributed by atoms with van der Waals surface area (Å²) >= 11 is 6.12. The summed E-state index contributed by atoms with van der Waals surface area (Å²) in [6, 6.07) is 1.32. The van der Waals surface area contributed by atoms with E-state index in [0.717, 1.165) is 28.6 Å². The van der Waals surface area contributed by atoms with E-state index in [4.69, 9.17) is 17.0 Å². The molecule has 0 saturated carbocycles. The van der Waals surface area contributed by atoms with Gasteiger partial charge in [0.15, 0.2) is 11.5 Å². The van der Waals surface area contributed by atoms with Gasteiger partial charge in [-0.2, -0.15) is 22.7 Å². The fourth-order valence-corrected chi connectivity index (χ4v) is 3.67. The summed E-state index contributed by atoms with van der Waals surface area (Å²) in [4.78, 5) is 21.7. The lowest BCUT2D eigenvalue weighted by molar-refractivity contribution is -0.181. The van der Waals surface area contributed by atoms with E-state index < -0.39 is 35.8 Å². The number of hydrogen-bond acceptors (Lipinski definition) is 7. The third-order valence-corrected chi connectivity index (χ3v) is 5.40. The molecule has 1 aliphatic rings. The first-order valence-electron chi connectivity index (χ1n) is 9.60. The van der Waals surface area contributed by atoms with Crippen molar-refractivity contribution in [3.05, 3.63) is 41.2 Å². The number of hydrogen-bond donors (Lipinski definition) is 3. The Bertz CT molecular complexity index is 1340. The molecule has 1 atom stereocenters. The quantitative estimate of drug-likeness (QED) is 0.283. The zero-order valence-electron chi connectivity index (χ0n) is 17.6. The summed E-state index contributed by atoms with van der Waals surface area (Å²) in [6.07, 6.45) is -1.25. The molecule has 34 heavy (non-hydrogen) atoms. The van der Waals surface area contributed by atoms with Gasteiger partial charge >= 0.3 is 12.2 Å².